The van der Waals surface area contributed by atoms with Gasteiger partial charge in [-0.25, -0.2) is 4.39 Å². The topological polar surface area (TPSA) is 65.1 Å². The minimum atomic E-state index is -0.640. The molecular formula is C11H9FN2O2. The molecule has 4 nitrogen and oxygen atoms in total. The van der Waals surface area contributed by atoms with Crippen molar-refractivity contribution in [1.29, 1.82) is 0 Å². The molecule has 0 atom stereocenters. The molecule has 1 aromatic heterocycles. The molecule has 0 bridgehead atoms. The van der Waals surface area contributed by atoms with Crippen LogP contribution in [0.2, 0.25) is 0 Å². The fraction of sp³-hybridized carbons (Fsp3) is 0.0909. The highest BCUT2D eigenvalue weighted by molar-refractivity contribution is 5.82. The summed E-state index contributed by atoms with van der Waals surface area (Å²) in [7, 11) is 0. The summed E-state index contributed by atoms with van der Waals surface area (Å²) in [5.41, 5.74) is 5.02. The Labute approximate surface area is 90.1 Å². The normalized spacial score (nSPS) is 10.6. The molecule has 0 saturated heterocycles. The van der Waals surface area contributed by atoms with Crippen molar-refractivity contribution in [3.8, 4) is 0 Å². The van der Waals surface area contributed by atoms with Gasteiger partial charge in [0.2, 0.25) is 5.91 Å². The summed E-state index contributed by atoms with van der Waals surface area (Å²) in [4.78, 5) is 22.3. The van der Waals surface area contributed by atoms with Gasteiger partial charge in [0.15, 0.2) is 0 Å². The van der Waals surface area contributed by atoms with Crippen molar-refractivity contribution in [2.45, 2.75) is 6.54 Å². The van der Waals surface area contributed by atoms with Crippen LogP contribution in [0.4, 0.5) is 4.39 Å². The number of primary amides is 1. The van der Waals surface area contributed by atoms with Gasteiger partial charge in [-0.05, 0) is 18.2 Å². The van der Waals surface area contributed by atoms with E-state index in [0.717, 1.165) is 4.57 Å². The zero-order chi connectivity index (χ0) is 11.7. The van der Waals surface area contributed by atoms with E-state index < -0.39 is 11.7 Å². The Balaban J connectivity index is 2.79. The standard InChI is InChI=1S/C11H9FN2O2/c12-8-2-1-3-9-7(8)4-5-11(16)14(9)6-10(13)15/h1-5H,6H2,(H2,13,15). The largest absolute Gasteiger partial charge is 0.368 e. The van der Waals surface area contributed by atoms with Gasteiger partial charge in [-0.15, -0.1) is 0 Å². The molecule has 0 radical (unpaired) electrons. The van der Waals surface area contributed by atoms with Gasteiger partial charge >= 0.3 is 0 Å². The van der Waals surface area contributed by atoms with Gasteiger partial charge in [0.05, 0.1) is 5.52 Å². The number of rotatable bonds is 2. The zero-order valence-corrected chi connectivity index (χ0v) is 8.31. The molecule has 1 amide bonds. The molecule has 0 aliphatic rings. The lowest BCUT2D eigenvalue weighted by molar-refractivity contribution is -0.118. The van der Waals surface area contributed by atoms with Gasteiger partial charge in [0, 0.05) is 11.5 Å². The average molecular weight is 220 g/mol. The fourth-order valence-corrected chi connectivity index (χ4v) is 1.61. The molecule has 0 unspecified atom stereocenters. The van der Waals surface area contributed by atoms with Crippen LogP contribution in [-0.2, 0) is 11.3 Å². The van der Waals surface area contributed by atoms with Gasteiger partial charge in [-0.2, -0.15) is 0 Å². The SMILES string of the molecule is NC(=O)Cn1c(=O)ccc2c(F)cccc21. The minimum Gasteiger partial charge on any atom is -0.368 e. The monoisotopic (exact) mass is 220 g/mol. The molecular weight excluding hydrogens is 211 g/mol. The smallest absolute Gasteiger partial charge is 0.251 e. The van der Waals surface area contributed by atoms with E-state index in [4.69, 9.17) is 5.73 Å². The van der Waals surface area contributed by atoms with E-state index >= 15 is 0 Å². The number of pyridine rings is 1. The fourth-order valence-electron chi connectivity index (χ4n) is 1.61. The number of aromatic nitrogens is 1. The number of amides is 1. The lowest BCUT2D eigenvalue weighted by Crippen LogP contribution is -2.27. The number of carbonyl (C=O) groups excluding carboxylic acids is 1. The van der Waals surface area contributed by atoms with Crippen molar-refractivity contribution in [2.75, 3.05) is 0 Å². The Bertz CT molecular complexity index is 619. The molecule has 82 valence electrons. The summed E-state index contributed by atoms with van der Waals surface area (Å²) in [5, 5.41) is 0.295. The number of hydrogen-bond donors (Lipinski definition) is 1. The first-order valence-electron chi connectivity index (χ1n) is 4.66. The predicted molar refractivity (Wildman–Crippen MR) is 57.4 cm³/mol. The number of benzene rings is 1. The van der Waals surface area contributed by atoms with Crippen LogP contribution in [0.15, 0.2) is 35.1 Å². The maximum atomic E-state index is 13.4. The first kappa shape index (κ1) is 10.4. The molecule has 2 N–H and O–H groups in total. The van der Waals surface area contributed by atoms with Crippen LogP contribution in [0, 0.1) is 5.82 Å². The highest BCUT2D eigenvalue weighted by Gasteiger charge is 2.07. The Morgan fingerprint density at radius 2 is 2.06 bits per heavy atom. The van der Waals surface area contributed by atoms with Gasteiger partial charge in [-0.1, -0.05) is 6.07 Å². The second-order valence-electron chi connectivity index (χ2n) is 3.40. The van der Waals surface area contributed by atoms with Crippen LogP contribution < -0.4 is 11.3 Å². The molecule has 2 aromatic rings. The van der Waals surface area contributed by atoms with E-state index in [0.29, 0.717) is 10.9 Å². The molecule has 5 heteroatoms. The highest BCUT2D eigenvalue weighted by atomic mass is 19.1. The van der Waals surface area contributed by atoms with Crippen LogP contribution in [0.25, 0.3) is 10.9 Å². The van der Waals surface area contributed by atoms with Crippen molar-refractivity contribution >= 4 is 16.8 Å². The number of halogens is 1. The summed E-state index contributed by atoms with van der Waals surface area (Å²) < 4.78 is 14.6. The second-order valence-corrected chi connectivity index (χ2v) is 3.40. The lowest BCUT2D eigenvalue weighted by Gasteiger charge is -2.07. The molecule has 0 spiro atoms. The number of nitrogens with two attached hydrogens (primary N) is 1. The second kappa shape index (κ2) is 3.77. The third-order valence-corrected chi connectivity index (χ3v) is 2.29. The third kappa shape index (κ3) is 1.67. The number of fused-ring (bicyclic) bond motifs is 1. The van der Waals surface area contributed by atoms with E-state index in [1.165, 1.54) is 24.3 Å². The zero-order valence-electron chi connectivity index (χ0n) is 8.31. The van der Waals surface area contributed by atoms with E-state index in [2.05, 4.69) is 0 Å². The van der Waals surface area contributed by atoms with E-state index in [-0.39, 0.29) is 12.1 Å². The Morgan fingerprint density at radius 1 is 1.31 bits per heavy atom. The summed E-state index contributed by atoms with van der Waals surface area (Å²) in [6.45, 7) is -0.250. The van der Waals surface area contributed by atoms with Crippen LogP contribution in [-0.4, -0.2) is 10.5 Å². The Hall–Kier alpha value is -2.17. The summed E-state index contributed by atoms with van der Waals surface area (Å²) >= 11 is 0. The molecule has 2 rings (SSSR count). The maximum Gasteiger partial charge on any atom is 0.251 e. The van der Waals surface area contributed by atoms with Crippen molar-refractivity contribution in [2.24, 2.45) is 5.73 Å². The maximum absolute atomic E-state index is 13.4. The summed E-state index contributed by atoms with van der Waals surface area (Å²) in [6.07, 6.45) is 0. The van der Waals surface area contributed by atoms with Gasteiger partial charge < -0.3 is 5.73 Å². The van der Waals surface area contributed by atoms with E-state index in [1.54, 1.807) is 6.07 Å². The van der Waals surface area contributed by atoms with Gasteiger partial charge in [0.25, 0.3) is 5.56 Å². The van der Waals surface area contributed by atoms with E-state index in [1.807, 2.05) is 0 Å². The predicted octanol–water partition coefficient (Wildman–Crippen LogP) is 0.626. The molecule has 1 heterocycles. The van der Waals surface area contributed by atoms with Gasteiger partial charge in [-0.3, -0.25) is 14.2 Å². The Morgan fingerprint density at radius 3 is 2.75 bits per heavy atom. The van der Waals surface area contributed by atoms with Gasteiger partial charge in [0.1, 0.15) is 12.4 Å². The van der Waals surface area contributed by atoms with Crippen LogP contribution in [0.5, 0.6) is 0 Å². The first-order chi connectivity index (χ1) is 7.59. The van der Waals surface area contributed by atoms with Crippen molar-refractivity contribution in [3.63, 3.8) is 0 Å². The third-order valence-electron chi connectivity index (χ3n) is 2.29. The van der Waals surface area contributed by atoms with Crippen molar-refractivity contribution in [3.05, 3.63) is 46.5 Å². The quantitative estimate of drug-likeness (QED) is 0.806. The average Bonchev–Trinajstić information content (AvgIpc) is 2.22. The van der Waals surface area contributed by atoms with Crippen LogP contribution >= 0.6 is 0 Å². The van der Waals surface area contributed by atoms with Crippen molar-refractivity contribution < 1.29 is 9.18 Å². The number of hydrogen-bond acceptors (Lipinski definition) is 2. The minimum absolute atomic E-state index is 0.250. The first-order valence-corrected chi connectivity index (χ1v) is 4.66. The molecule has 0 aliphatic heterocycles. The highest BCUT2D eigenvalue weighted by Crippen LogP contribution is 2.15. The Kier molecular flexibility index (Phi) is 2.44. The van der Waals surface area contributed by atoms with Crippen molar-refractivity contribution in [1.82, 2.24) is 4.57 Å². The summed E-state index contributed by atoms with van der Waals surface area (Å²) in [6, 6.07) is 6.96. The lowest BCUT2D eigenvalue weighted by atomic mass is 10.2. The molecule has 0 saturated carbocycles. The molecule has 0 aliphatic carbocycles. The van der Waals surface area contributed by atoms with Crippen LogP contribution in [0.3, 0.4) is 0 Å². The molecule has 0 fully saturated rings. The molecule has 1 aromatic carbocycles. The van der Waals surface area contributed by atoms with Crippen LogP contribution in [0.1, 0.15) is 0 Å². The van der Waals surface area contributed by atoms with E-state index in [9.17, 15) is 14.0 Å². The summed E-state index contributed by atoms with van der Waals surface area (Å²) in [5.74, 6) is -1.07. The number of nitrogens with zero attached hydrogens (tertiary/aromatic N) is 1. The molecule has 16 heavy (non-hydrogen) atoms. The number of carbonyl (C=O) groups is 1.